The molecule has 0 aliphatic heterocycles. The van der Waals surface area contributed by atoms with Gasteiger partial charge in [0.25, 0.3) is 0 Å². The summed E-state index contributed by atoms with van der Waals surface area (Å²) in [4.78, 5) is 13.4. The number of Topliss-reactive ketones (excluding diaryl/α,β-unsaturated/α-hetero) is 1. The third-order valence-corrected chi connectivity index (χ3v) is 7.04. The minimum atomic E-state index is -3.98. The van der Waals surface area contributed by atoms with Gasteiger partial charge in [-0.1, -0.05) is 72.8 Å². The molecule has 0 bridgehead atoms. The summed E-state index contributed by atoms with van der Waals surface area (Å²) in [5.41, 5.74) is 2.27. The van der Waals surface area contributed by atoms with Gasteiger partial charge in [-0.25, -0.2) is 8.42 Å². The first-order valence-corrected chi connectivity index (χ1v) is 10.7. The number of hydrogen-bond acceptors (Lipinski definition) is 3. The Morgan fingerprint density at radius 2 is 1.10 bits per heavy atom. The molecule has 0 spiro atoms. The molecule has 0 saturated carbocycles. The summed E-state index contributed by atoms with van der Waals surface area (Å²) in [5.74, 6) is -0.451. The molecule has 0 aromatic heterocycles. The van der Waals surface area contributed by atoms with Gasteiger partial charge in [-0.3, -0.25) is 4.79 Å². The molecule has 0 radical (unpaired) electrons. The molecule has 5 rings (SSSR count). The number of allylic oxidation sites excluding steroid dienone is 1. The van der Waals surface area contributed by atoms with Crippen LogP contribution in [0.5, 0.6) is 0 Å². The zero-order chi connectivity index (χ0) is 20.0. The third-order valence-electron chi connectivity index (χ3n) is 5.22. The first-order chi connectivity index (χ1) is 14.1. The third kappa shape index (κ3) is 2.72. The van der Waals surface area contributed by atoms with E-state index in [1.165, 1.54) is 12.1 Å². The molecular weight excluding hydrogens is 380 g/mol. The molecular formula is C25H16O3S. The Balaban J connectivity index is 1.87. The van der Waals surface area contributed by atoms with E-state index in [2.05, 4.69) is 0 Å². The van der Waals surface area contributed by atoms with Crippen LogP contribution in [0.15, 0.2) is 107 Å². The second kappa shape index (κ2) is 6.54. The van der Waals surface area contributed by atoms with E-state index in [1.807, 2.05) is 60.7 Å². The molecule has 0 amide bonds. The number of sulfone groups is 1. The van der Waals surface area contributed by atoms with Crippen LogP contribution in [0.4, 0.5) is 0 Å². The second-order valence-corrected chi connectivity index (χ2v) is 8.85. The highest BCUT2D eigenvalue weighted by Gasteiger charge is 2.39. The normalized spacial score (nSPS) is 13.7. The maximum atomic E-state index is 13.5. The molecule has 0 unspecified atom stereocenters. The van der Waals surface area contributed by atoms with Crippen LogP contribution < -0.4 is 0 Å². The van der Waals surface area contributed by atoms with Gasteiger partial charge >= 0.3 is 0 Å². The SMILES string of the molecule is O=C1C(S(=O)(=O)c2ccccc2)=C(c2ccccc2)c2cc3ccccc3cc21. The minimum absolute atomic E-state index is 0.120. The monoisotopic (exact) mass is 396 g/mol. The van der Waals surface area contributed by atoms with Gasteiger partial charge in [-0.2, -0.15) is 0 Å². The second-order valence-electron chi connectivity index (χ2n) is 6.96. The van der Waals surface area contributed by atoms with Gasteiger partial charge in [0.05, 0.1) is 4.90 Å². The highest BCUT2D eigenvalue weighted by molar-refractivity contribution is 7.96. The molecule has 140 valence electrons. The average molecular weight is 396 g/mol. The molecule has 29 heavy (non-hydrogen) atoms. The van der Waals surface area contributed by atoms with Gasteiger partial charge in [-0.15, -0.1) is 0 Å². The Hall–Kier alpha value is -3.50. The van der Waals surface area contributed by atoms with Crippen molar-refractivity contribution < 1.29 is 13.2 Å². The summed E-state index contributed by atoms with van der Waals surface area (Å²) >= 11 is 0. The number of rotatable bonds is 3. The number of carbonyl (C=O) groups is 1. The number of benzene rings is 4. The minimum Gasteiger partial charge on any atom is -0.288 e. The molecule has 0 saturated heterocycles. The lowest BCUT2D eigenvalue weighted by molar-refractivity contribution is 0.104. The summed E-state index contributed by atoms with van der Waals surface area (Å²) in [7, 11) is -3.98. The van der Waals surface area contributed by atoms with E-state index < -0.39 is 15.6 Å². The predicted octanol–water partition coefficient (Wildman–Crippen LogP) is 5.27. The summed E-state index contributed by atoms with van der Waals surface area (Å²) in [5, 5.41) is 1.87. The van der Waals surface area contributed by atoms with Gasteiger partial charge in [0.2, 0.25) is 15.6 Å². The van der Waals surface area contributed by atoms with Crippen LogP contribution >= 0.6 is 0 Å². The summed E-state index contributed by atoms with van der Waals surface area (Å²) in [6.07, 6.45) is 0. The van der Waals surface area contributed by atoms with Crippen LogP contribution in [0.2, 0.25) is 0 Å². The Morgan fingerprint density at radius 3 is 1.72 bits per heavy atom. The largest absolute Gasteiger partial charge is 0.288 e. The molecule has 0 atom stereocenters. The van der Waals surface area contributed by atoms with Crippen molar-refractivity contribution in [1.29, 1.82) is 0 Å². The Labute approximate surface area is 168 Å². The Bertz CT molecular complexity index is 1400. The van der Waals surface area contributed by atoms with Crippen LogP contribution in [0.25, 0.3) is 16.3 Å². The van der Waals surface area contributed by atoms with E-state index in [9.17, 15) is 13.2 Å². The average Bonchev–Trinajstić information content (AvgIpc) is 3.06. The smallest absolute Gasteiger partial charge is 0.211 e. The first-order valence-electron chi connectivity index (χ1n) is 9.25. The zero-order valence-electron chi connectivity index (χ0n) is 15.4. The summed E-state index contributed by atoms with van der Waals surface area (Å²) in [6.45, 7) is 0. The number of fused-ring (bicyclic) bond motifs is 2. The van der Waals surface area contributed by atoms with E-state index in [-0.39, 0.29) is 9.80 Å². The van der Waals surface area contributed by atoms with E-state index in [1.54, 1.807) is 24.3 Å². The fourth-order valence-corrected chi connectivity index (χ4v) is 5.46. The number of ketones is 1. The lowest BCUT2D eigenvalue weighted by Crippen LogP contribution is -2.12. The molecule has 0 heterocycles. The van der Waals surface area contributed by atoms with Crippen molar-refractivity contribution >= 4 is 32.0 Å². The van der Waals surface area contributed by atoms with Crippen molar-refractivity contribution in [2.24, 2.45) is 0 Å². The van der Waals surface area contributed by atoms with E-state index in [0.29, 0.717) is 22.3 Å². The lowest BCUT2D eigenvalue weighted by Gasteiger charge is -2.10. The van der Waals surface area contributed by atoms with Crippen molar-refractivity contribution in [2.45, 2.75) is 4.90 Å². The maximum absolute atomic E-state index is 13.5. The number of hydrogen-bond donors (Lipinski definition) is 0. The Morgan fingerprint density at radius 1 is 0.586 bits per heavy atom. The summed E-state index contributed by atoms with van der Waals surface area (Å²) in [6, 6.07) is 28.8. The van der Waals surface area contributed by atoms with Crippen LogP contribution in [-0.4, -0.2) is 14.2 Å². The van der Waals surface area contributed by atoms with E-state index in [4.69, 9.17) is 0 Å². The van der Waals surface area contributed by atoms with Gasteiger partial charge in [0.1, 0.15) is 4.91 Å². The van der Waals surface area contributed by atoms with Gasteiger partial charge < -0.3 is 0 Å². The van der Waals surface area contributed by atoms with E-state index >= 15 is 0 Å². The standard InChI is InChI=1S/C25H16O3S/c26-24-22-16-19-12-8-7-11-18(19)15-21(22)23(17-9-3-1-4-10-17)25(24)29(27,28)20-13-5-2-6-14-20/h1-16H. The molecule has 0 N–H and O–H groups in total. The molecule has 4 aromatic carbocycles. The molecule has 0 fully saturated rings. The van der Waals surface area contributed by atoms with Gasteiger partial charge in [0, 0.05) is 11.1 Å². The molecule has 1 aliphatic rings. The van der Waals surface area contributed by atoms with Gasteiger partial charge in [-0.05, 0) is 46.2 Å². The van der Waals surface area contributed by atoms with Crippen LogP contribution in [-0.2, 0) is 9.84 Å². The first kappa shape index (κ1) is 17.6. The van der Waals surface area contributed by atoms with Crippen LogP contribution in [0.3, 0.4) is 0 Å². The Kier molecular flexibility index (Phi) is 3.96. The van der Waals surface area contributed by atoms with Gasteiger partial charge in [0.15, 0.2) is 0 Å². The maximum Gasteiger partial charge on any atom is 0.211 e. The van der Waals surface area contributed by atoms with Crippen molar-refractivity contribution in [1.82, 2.24) is 0 Å². The van der Waals surface area contributed by atoms with Crippen molar-refractivity contribution in [3.63, 3.8) is 0 Å². The molecule has 1 aliphatic carbocycles. The molecule has 4 aromatic rings. The zero-order valence-corrected chi connectivity index (χ0v) is 16.2. The molecule has 3 nitrogen and oxygen atoms in total. The van der Waals surface area contributed by atoms with Crippen molar-refractivity contribution in [3.05, 3.63) is 119 Å². The highest BCUT2D eigenvalue weighted by atomic mass is 32.2. The van der Waals surface area contributed by atoms with Crippen molar-refractivity contribution in [3.8, 4) is 0 Å². The van der Waals surface area contributed by atoms with E-state index in [0.717, 1.165) is 10.8 Å². The highest BCUT2D eigenvalue weighted by Crippen LogP contribution is 2.43. The topological polar surface area (TPSA) is 51.2 Å². The van der Waals surface area contributed by atoms with Crippen LogP contribution in [0, 0.1) is 0 Å². The number of carbonyl (C=O) groups excluding carboxylic acids is 1. The quantitative estimate of drug-likeness (QED) is 0.474. The lowest BCUT2D eigenvalue weighted by atomic mass is 9.96. The fourth-order valence-electron chi connectivity index (χ4n) is 3.86. The fraction of sp³-hybridized carbons (Fsp3) is 0. The van der Waals surface area contributed by atoms with Crippen LogP contribution in [0.1, 0.15) is 21.5 Å². The van der Waals surface area contributed by atoms with Crippen molar-refractivity contribution in [2.75, 3.05) is 0 Å². The predicted molar refractivity (Wildman–Crippen MR) is 114 cm³/mol. The summed E-state index contributed by atoms with van der Waals surface area (Å²) < 4.78 is 27.0. The molecule has 4 heteroatoms.